The molecular weight excluding hydrogens is 358 g/mol. The number of carbonyl (C=O) groups excluding carboxylic acids is 1. The van der Waals surface area contributed by atoms with Gasteiger partial charge in [-0.15, -0.1) is 0 Å². The van der Waals surface area contributed by atoms with Crippen molar-refractivity contribution in [3.8, 4) is 0 Å². The molecule has 2 aliphatic heterocycles. The fourth-order valence-electron chi connectivity index (χ4n) is 3.33. The van der Waals surface area contributed by atoms with Crippen LogP contribution in [0.3, 0.4) is 0 Å². The summed E-state index contributed by atoms with van der Waals surface area (Å²) in [5.41, 5.74) is 3.21. The number of carbonyl (C=O) groups is 1. The molecule has 142 valence electrons. The Labute approximate surface area is 154 Å². The Hall–Kier alpha value is -2.94. The van der Waals surface area contributed by atoms with E-state index in [-0.39, 0.29) is 17.5 Å². The maximum Gasteiger partial charge on any atom is 0.259 e. The van der Waals surface area contributed by atoms with Crippen LogP contribution in [0.15, 0.2) is 40.9 Å². The highest BCUT2D eigenvalue weighted by atomic mass is 19.1. The predicted molar refractivity (Wildman–Crippen MR) is 91.0 cm³/mol. The highest BCUT2D eigenvalue weighted by Crippen LogP contribution is 2.30. The van der Waals surface area contributed by atoms with Gasteiger partial charge in [-0.3, -0.25) is 4.79 Å². The summed E-state index contributed by atoms with van der Waals surface area (Å²) in [6.45, 7) is 2.80. The molecule has 0 spiro atoms. The average Bonchev–Trinajstić information content (AvgIpc) is 3.30. The molecule has 0 unspecified atom stereocenters. The number of hydrogen-bond acceptors (Lipinski definition) is 6. The number of rotatable bonds is 3. The number of amides is 1. The first-order valence-electron chi connectivity index (χ1n) is 8.62. The molecule has 0 bridgehead atoms. The zero-order chi connectivity index (χ0) is 19.0. The van der Waals surface area contributed by atoms with Crippen LogP contribution in [0.25, 0.3) is 0 Å². The van der Waals surface area contributed by atoms with Crippen molar-refractivity contribution in [1.82, 2.24) is 15.6 Å². The quantitative estimate of drug-likeness (QED) is 0.888. The summed E-state index contributed by atoms with van der Waals surface area (Å²) < 4.78 is 32.0. The SMILES string of the molecule is Cc1oncc1C(=O)N1CCC[C@H](C2=CN(c3ccc(F)cc3F)NO2)C1. The van der Waals surface area contributed by atoms with Gasteiger partial charge in [0.05, 0.1) is 18.1 Å². The molecule has 9 heteroatoms. The van der Waals surface area contributed by atoms with E-state index in [0.29, 0.717) is 30.2 Å². The van der Waals surface area contributed by atoms with Crippen molar-refractivity contribution in [2.24, 2.45) is 5.92 Å². The van der Waals surface area contributed by atoms with Crippen LogP contribution in [-0.2, 0) is 4.84 Å². The van der Waals surface area contributed by atoms with E-state index in [1.165, 1.54) is 23.3 Å². The molecule has 4 rings (SSSR count). The lowest BCUT2D eigenvalue weighted by Gasteiger charge is -2.32. The Morgan fingerprint density at radius 1 is 1.37 bits per heavy atom. The Morgan fingerprint density at radius 2 is 2.22 bits per heavy atom. The van der Waals surface area contributed by atoms with Gasteiger partial charge in [0.1, 0.15) is 22.9 Å². The highest BCUT2D eigenvalue weighted by molar-refractivity contribution is 5.94. The van der Waals surface area contributed by atoms with Crippen molar-refractivity contribution >= 4 is 11.6 Å². The first-order chi connectivity index (χ1) is 13.0. The second-order valence-electron chi connectivity index (χ2n) is 6.58. The molecule has 2 aromatic rings. The molecule has 1 atom stereocenters. The second-order valence-corrected chi connectivity index (χ2v) is 6.58. The van der Waals surface area contributed by atoms with Gasteiger partial charge in [0.25, 0.3) is 5.91 Å². The van der Waals surface area contributed by atoms with Gasteiger partial charge in [0.2, 0.25) is 0 Å². The number of likely N-dealkylation sites (tertiary alicyclic amines) is 1. The van der Waals surface area contributed by atoms with E-state index in [4.69, 9.17) is 9.36 Å². The van der Waals surface area contributed by atoms with Gasteiger partial charge >= 0.3 is 0 Å². The number of hydrogen-bond donors (Lipinski definition) is 1. The minimum atomic E-state index is -0.702. The molecule has 1 aromatic heterocycles. The van der Waals surface area contributed by atoms with E-state index in [2.05, 4.69) is 10.7 Å². The minimum absolute atomic E-state index is 0.0381. The van der Waals surface area contributed by atoms with Crippen LogP contribution in [0.1, 0.15) is 29.0 Å². The molecule has 1 N–H and O–H groups in total. The van der Waals surface area contributed by atoms with E-state index in [1.54, 1.807) is 18.0 Å². The monoisotopic (exact) mass is 376 g/mol. The lowest BCUT2D eigenvalue weighted by molar-refractivity contribution is 0.0576. The van der Waals surface area contributed by atoms with Gasteiger partial charge in [-0.05, 0) is 31.9 Å². The minimum Gasteiger partial charge on any atom is -0.391 e. The standard InChI is InChI=1S/C18H18F2N4O3/c1-11-14(8-21-26-11)18(25)23-6-2-3-12(9-23)17-10-24(22-27-17)16-5-4-13(19)7-15(16)20/h4-5,7-8,10,12,22H,2-3,6,9H2,1H3/t12-/m0/s1. The fourth-order valence-corrected chi connectivity index (χ4v) is 3.33. The third-order valence-corrected chi connectivity index (χ3v) is 4.78. The third-order valence-electron chi connectivity index (χ3n) is 4.78. The van der Waals surface area contributed by atoms with Gasteiger partial charge in [-0.1, -0.05) is 10.7 Å². The molecule has 0 aliphatic carbocycles. The summed E-state index contributed by atoms with van der Waals surface area (Å²) in [5, 5.41) is 5.01. The number of halogens is 2. The zero-order valence-electron chi connectivity index (χ0n) is 14.6. The first-order valence-corrected chi connectivity index (χ1v) is 8.62. The number of aromatic nitrogens is 1. The van der Waals surface area contributed by atoms with Gasteiger partial charge in [-0.2, -0.15) is 0 Å². The van der Waals surface area contributed by atoms with E-state index in [9.17, 15) is 13.6 Å². The van der Waals surface area contributed by atoms with Crippen molar-refractivity contribution in [2.45, 2.75) is 19.8 Å². The molecule has 3 heterocycles. The van der Waals surface area contributed by atoms with Crippen LogP contribution < -0.4 is 10.6 Å². The van der Waals surface area contributed by atoms with E-state index in [0.717, 1.165) is 18.9 Å². The molecule has 1 fully saturated rings. The largest absolute Gasteiger partial charge is 0.391 e. The van der Waals surface area contributed by atoms with Crippen LogP contribution in [0.5, 0.6) is 0 Å². The Bertz CT molecular complexity index is 898. The van der Waals surface area contributed by atoms with Crippen LogP contribution >= 0.6 is 0 Å². The van der Waals surface area contributed by atoms with Crippen molar-refractivity contribution < 1.29 is 22.9 Å². The van der Waals surface area contributed by atoms with Crippen LogP contribution in [0.4, 0.5) is 14.5 Å². The van der Waals surface area contributed by atoms with Gasteiger partial charge in [-0.25, -0.2) is 13.8 Å². The Kier molecular flexibility index (Phi) is 4.53. The van der Waals surface area contributed by atoms with Crippen molar-refractivity contribution in [3.05, 3.63) is 59.3 Å². The lowest BCUT2D eigenvalue weighted by Crippen LogP contribution is -2.40. The number of anilines is 1. The molecule has 0 radical (unpaired) electrons. The normalized spacial score (nSPS) is 19.8. The van der Waals surface area contributed by atoms with E-state index in [1.807, 2.05) is 0 Å². The number of piperidine rings is 1. The molecule has 1 amide bonds. The van der Waals surface area contributed by atoms with Crippen LogP contribution in [0, 0.1) is 24.5 Å². The first kappa shape index (κ1) is 17.5. The summed E-state index contributed by atoms with van der Waals surface area (Å²) in [6, 6.07) is 3.31. The van der Waals surface area contributed by atoms with Crippen molar-refractivity contribution in [1.29, 1.82) is 0 Å². The highest BCUT2D eigenvalue weighted by Gasteiger charge is 2.32. The van der Waals surface area contributed by atoms with E-state index < -0.39 is 11.6 Å². The number of nitrogens with one attached hydrogen (secondary N) is 1. The predicted octanol–water partition coefficient (Wildman–Crippen LogP) is 2.91. The van der Waals surface area contributed by atoms with Crippen LogP contribution in [-0.4, -0.2) is 29.1 Å². The zero-order valence-corrected chi connectivity index (χ0v) is 14.6. The smallest absolute Gasteiger partial charge is 0.259 e. The number of hydrazine groups is 1. The van der Waals surface area contributed by atoms with Gasteiger partial charge in [0, 0.05) is 25.1 Å². The van der Waals surface area contributed by atoms with Gasteiger partial charge in [0.15, 0.2) is 5.82 Å². The Balaban J connectivity index is 1.48. The molecule has 27 heavy (non-hydrogen) atoms. The maximum atomic E-state index is 14.0. The summed E-state index contributed by atoms with van der Waals surface area (Å²) in [7, 11) is 0. The molecular formula is C18H18F2N4O3. The number of benzene rings is 1. The lowest BCUT2D eigenvalue weighted by atomic mass is 9.95. The van der Waals surface area contributed by atoms with E-state index >= 15 is 0 Å². The average molecular weight is 376 g/mol. The number of aryl methyl sites for hydroxylation is 1. The molecule has 7 nitrogen and oxygen atoms in total. The van der Waals surface area contributed by atoms with Crippen molar-refractivity contribution in [2.75, 3.05) is 18.1 Å². The second kappa shape index (κ2) is 6.99. The van der Waals surface area contributed by atoms with Crippen molar-refractivity contribution in [3.63, 3.8) is 0 Å². The number of nitrogens with zero attached hydrogens (tertiary/aromatic N) is 3. The molecule has 1 aromatic carbocycles. The summed E-state index contributed by atoms with van der Waals surface area (Å²) in [6.07, 6.45) is 4.69. The topological polar surface area (TPSA) is 70.8 Å². The summed E-state index contributed by atoms with van der Waals surface area (Å²) in [4.78, 5) is 19.9. The molecule has 1 saturated heterocycles. The Morgan fingerprint density at radius 3 is 2.96 bits per heavy atom. The van der Waals surface area contributed by atoms with Crippen LogP contribution in [0.2, 0.25) is 0 Å². The summed E-state index contributed by atoms with van der Waals surface area (Å²) in [5.74, 6) is -0.440. The molecule has 0 saturated carbocycles. The molecule has 2 aliphatic rings. The maximum absolute atomic E-state index is 14.0. The summed E-state index contributed by atoms with van der Waals surface area (Å²) >= 11 is 0. The van der Waals surface area contributed by atoms with Gasteiger partial charge < -0.3 is 14.3 Å². The fraction of sp³-hybridized carbons (Fsp3) is 0.333. The third kappa shape index (κ3) is 3.37.